The Hall–Kier alpha value is -5.87. The summed E-state index contributed by atoms with van der Waals surface area (Å²) in [4.78, 5) is 54.5. The summed E-state index contributed by atoms with van der Waals surface area (Å²) < 4.78 is 33.1. The Labute approximate surface area is 351 Å². The van der Waals surface area contributed by atoms with Gasteiger partial charge in [-0.05, 0) is 20.8 Å². The zero-order chi connectivity index (χ0) is 45.2. The average Bonchev–Trinajstić information content (AvgIpc) is 3.27. The van der Waals surface area contributed by atoms with Crippen molar-refractivity contribution >= 4 is 30.0 Å². The van der Waals surface area contributed by atoms with E-state index in [2.05, 4.69) is 66.9 Å². The lowest BCUT2D eigenvalue weighted by molar-refractivity contribution is -0.148. The molecule has 0 radical (unpaired) electrons. The summed E-state index contributed by atoms with van der Waals surface area (Å²) in [6.07, 6.45) is 4.21. The van der Waals surface area contributed by atoms with Crippen LogP contribution in [0.3, 0.4) is 0 Å². The van der Waals surface area contributed by atoms with Crippen LogP contribution in [0, 0.1) is 32.3 Å². The van der Waals surface area contributed by atoms with Crippen LogP contribution in [-0.4, -0.2) is 97.0 Å². The second-order valence-corrected chi connectivity index (χ2v) is 11.1. The number of rotatable bonds is 16. The van der Waals surface area contributed by atoms with E-state index in [1.165, 1.54) is 43.2 Å². The van der Waals surface area contributed by atoms with Gasteiger partial charge in [-0.15, -0.1) is 0 Å². The number of methoxy groups -OCH3 is 1. The maximum atomic E-state index is 10.7. The minimum Gasteiger partial charge on any atom is -0.463 e. The van der Waals surface area contributed by atoms with Crippen LogP contribution in [0.25, 0.3) is 0 Å². The molecule has 0 saturated heterocycles. The summed E-state index contributed by atoms with van der Waals surface area (Å²) in [6.45, 7) is 15.5. The first-order chi connectivity index (χ1) is 28.4. The van der Waals surface area contributed by atoms with Crippen LogP contribution in [0.15, 0.2) is 96.0 Å². The monoisotopic (exact) mass is 826 g/mol. The quantitative estimate of drug-likeness (QED) is 0.0340. The lowest BCUT2D eigenvalue weighted by Gasteiger charge is -2.05. The van der Waals surface area contributed by atoms with Gasteiger partial charge in [-0.25, -0.2) is 9.79 Å². The van der Waals surface area contributed by atoms with E-state index in [-0.39, 0.29) is 50.3 Å². The lowest BCUT2D eigenvalue weighted by atomic mass is 10.2. The van der Waals surface area contributed by atoms with Gasteiger partial charge < -0.3 is 33.2 Å². The third-order valence-electron chi connectivity index (χ3n) is 6.12. The van der Waals surface area contributed by atoms with Crippen LogP contribution in [0.4, 0.5) is 0 Å². The summed E-state index contributed by atoms with van der Waals surface area (Å²) in [5, 5.41) is 7.40. The molecule has 3 aromatic carbocycles. The molecular weight excluding hydrogens is 760 g/mol. The van der Waals surface area contributed by atoms with E-state index >= 15 is 0 Å². The molecule has 0 saturated carbocycles. The smallest absolute Gasteiger partial charge is 0.305 e. The van der Waals surface area contributed by atoms with Crippen molar-refractivity contribution in [3.05, 3.63) is 108 Å². The molecule has 0 aliphatic rings. The summed E-state index contributed by atoms with van der Waals surface area (Å²) in [6, 6.07) is 30.8. The first-order valence-corrected chi connectivity index (χ1v) is 19.1. The maximum absolute atomic E-state index is 10.7. The van der Waals surface area contributed by atoms with Gasteiger partial charge >= 0.3 is 23.9 Å². The Morgan fingerprint density at radius 1 is 0.492 bits per heavy atom. The van der Waals surface area contributed by atoms with Crippen molar-refractivity contribution < 1.29 is 57.1 Å². The average molecular weight is 827 g/mol. The molecule has 0 N–H and O–H groups in total. The largest absolute Gasteiger partial charge is 0.463 e. The molecule has 3 aromatic rings. The normalized spacial score (nSPS) is 8.61. The Kier molecular flexibility index (Phi) is 50.8. The molecule has 0 bridgehead atoms. The van der Waals surface area contributed by atoms with Crippen molar-refractivity contribution in [3.8, 4) is 6.26 Å². The van der Waals surface area contributed by atoms with Crippen molar-refractivity contribution in [2.24, 2.45) is 4.99 Å². The highest BCUT2D eigenvalue weighted by Crippen LogP contribution is 1.94. The molecule has 59 heavy (non-hydrogen) atoms. The second kappa shape index (κ2) is 50.1. The molecule has 0 spiro atoms. The Morgan fingerprint density at radius 2 is 0.695 bits per heavy atom. The van der Waals surface area contributed by atoms with E-state index < -0.39 is 0 Å². The highest BCUT2D eigenvalue weighted by Gasteiger charge is 2.00. The number of ether oxygens (including phenoxy) is 7. The summed E-state index contributed by atoms with van der Waals surface area (Å²) in [7, 11) is 2.70. The minimum absolute atomic E-state index is 0.240. The highest BCUT2D eigenvalue weighted by molar-refractivity contribution is 5.69. The van der Waals surface area contributed by atoms with Crippen LogP contribution < -0.4 is 0 Å². The molecule has 14 heteroatoms. The number of aliphatic imine (C=N–C) groups is 1. The van der Waals surface area contributed by atoms with Gasteiger partial charge in [-0.1, -0.05) is 135 Å². The van der Waals surface area contributed by atoms with Crippen molar-refractivity contribution in [1.82, 2.24) is 0 Å². The first kappa shape index (κ1) is 59.8. The second-order valence-electron chi connectivity index (χ2n) is 11.1. The van der Waals surface area contributed by atoms with E-state index in [4.69, 9.17) is 38.5 Å². The topological polar surface area (TPSA) is 186 Å². The zero-order valence-corrected chi connectivity index (χ0v) is 36.4. The number of hydrogen-bond acceptors (Lipinski definition) is 14. The molecule has 14 nitrogen and oxygen atoms in total. The molecule has 0 fully saturated rings. The van der Waals surface area contributed by atoms with Crippen molar-refractivity contribution in [2.75, 3.05) is 67.0 Å². The zero-order valence-electron chi connectivity index (χ0n) is 36.4. The van der Waals surface area contributed by atoms with Crippen molar-refractivity contribution in [3.63, 3.8) is 0 Å². The van der Waals surface area contributed by atoms with Gasteiger partial charge in [0.25, 0.3) is 6.26 Å². The number of hydrogen-bond donors (Lipinski definition) is 0. The SMILES string of the molecule is CCC(=O)OCCOCCOC(=O)CC.CCC(=O)OCCOCCOC(=O)CC.CN=C=O.COC#N.Cc1ccccc1.Cc1ccccc1.Cc1ccccc1. The van der Waals surface area contributed by atoms with Crippen LogP contribution >= 0.6 is 0 Å². The van der Waals surface area contributed by atoms with Crippen LogP contribution in [0.5, 0.6) is 0 Å². The predicted molar refractivity (Wildman–Crippen MR) is 227 cm³/mol. The number of nitriles is 1. The molecular formula is C45H66N2O12. The van der Waals surface area contributed by atoms with E-state index in [0.717, 1.165) is 0 Å². The summed E-state index contributed by atoms with van der Waals surface area (Å²) in [5.74, 6) is -0.959. The van der Waals surface area contributed by atoms with E-state index in [0.29, 0.717) is 52.1 Å². The molecule has 0 aromatic heterocycles. The molecule has 0 amide bonds. The highest BCUT2D eigenvalue weighted by atomic mass is 16.6. The van der Waals surface area contributed by atoms with Crippen LogP contribution in [-0.2, 0) is 57.1 Å². The molecule has 0 atom stereocenters. The van der Waals surface area contributed by atoms with Gasteiger partial charge in [0, 0.05) is 32.7 Å². The minimum atomic E-state index is -0.240. The van der Waals surface area contributed by atoms with Gasteiger partial charge in [0.1, 0.15) is 26.4 Å². The van der Waals surface area contributed by atoms with Crippen LogP contribution in [0.1, 0.15) is 70.1 Å². The number of esters is 4. The fraction of sp³-hybridized carbons (Fsp3) is 0.467. The number of carbonyl (C=O) groups excluding carboxylic acids is 5. The first-order valence-electron chi connectivity index (χ1n) is 19.1. The van der Waals surface area contributed by atoms with E-state index in [1.54, 1.807) is 27.7 Å². The number of aryl methyl sites for hydroxylation is 3. The van der Waals surface area contributed by atoms with Gasteiger partial charge in [-0.3, -0.25) is 19.2 Å². The Bertz CT molecular complexity index is 1310. The molecule has 0 unspecified atom stereocenters. The third-order valence-corrected chi connectivity index (χ3v) is 6.12. The molecule has 328 valence electrons. The molecule has 3 rings (SSSR count). The van der Waals surface area contributed by atoms with E-state index in [9.17, 15) is 19.2 Å². The number of benzene rings is 3. The Morgan fingerprint density at radius 3 is 0.814 bits per heavy atom. The number of nitrogens with zero attached hydrogens (tertiary/aromatic N) is 2. The standard InChI is InChI=1S/2C10H18O5.3C7H8.2C2H3NO/c2*1-3-9(11)14-7-5-13-6-8-15-10(12)4-2;3*1-7-5-3-2-4-6-7;1-4-2-3;1-3-2-4/h2*3-8H2,1-2H3;3*2-6H,1H3;2*1H3. The summed E-state index contributed by atoms with van der Waals surface area (Å²) in [5.41, 5.74) is 3.97. The maximum Gasteiger partial charge on any atom is 0.305 e. The lowest BCUT2D eigenvalue weighted by Crippen LogP contribution is -2.13. The van der Waals surface area contributed by atoms with E-state index in [1.807, 2.05) is 54.6 Å². The summed E-state index contributed by atoms with van der Waals surface area (Å²) >= 11 is 0. The fourth-order valence-corrected chi connectivity index (χ4v) is 3.07. The molecule has 0 aliphatic heterocycles. The number of carbonyl (C=O) groups is 4. The van der Waals surface area contributed by atoms with Gasteiger partial charge in [-0.2, -0.15) is 5.26 Å². The van der Waals surface area contributed by atoms with Crippen molar-refractivity contribution in [2.45, 2.75) is 74.1 Å². The molecule has 0 aliphatic carbocycles. The fourth-order valence-electron chi connectivity index (χ4n) is 3.07. The van der Waals surface area contributed by atoms with Crippen LogP contribution in [0.2, 0.25) is 0 Å². The van der Waals surface area contributed by atoms with Crippen molar-refractivity contribution in [1.29, 1.82) is 5.26 Å². The predicted octanol–water partition coefficient (Wildman–Crippen LogP) is 7.87. The molecule has 0 heterocycles. The van der Waals surface area contributed by atoms with Gasteiger partial charge in [0.2, 0.25) is 6.08 Å². The van der Waals surface area contributed by atoms with Gasteiger partial charge in [0.15, 0.2) is 0 Å². The Balaban J connectivity index is -0.000000316. The third kappa shape index (κ3) is 56.6. The van der Waals surface area contributed by atoms with Gasteiger partial charge in [0.05, 0.1) is 33.5 Å². The number of isocyanates is 1.